The Morgan fingerprint density at radius 1 is 1.03 bits per heavy atom. The van der Waals surface area contributed by atoms with Gasteiger partial charge in [-0.25, -0.2) is 0 Å². The second kappa shape index (κ2) is 9.30. The second-order valence-corrected chi connectivity index (χ2v) is 8.98. The molecule has 3 aliphatic rings. The van der Waals surface area contributed by atoms with Gasteiger partial charge in [0, 0.05) is 31.1 Å². The van der Waals surface area contributed by atoms with Crippen LogP contribution in [-0.4, -0.2) is 48.3 Å². The van der Waals surface area contributed by atoms with Gasteiger partial charge in [-0.3, -0.25) is 9.69 Å². The number of benzene rings is 1. The minimum absolute atomic E-state index is 0.130. The van der Waals surface area contributed by atoms with Gasteiger partial charge in [0.15, 0.2) is 11.5 Å². The van der Waals surface area contributed by atoms with Crippen molar-refractivity contribution < 1.29 is 18.8 Å². The van der Waals surface area contributed by atoms with Crippen LogP contribution in [0.2, 0.25) is 0 Å². The van der Waals surface area contributed by atoms with Crippen LogP contribution in [-0.2, 0) is 6.54 Å². The first kappa shape index (κ1) is 20.4. The van der Waals surface area contributed by atoms with E-state index in [1.54, 1.807) is 0 Å². The van der Waals surface area contributed by atoms with E-state index in [1.165, 1.54) is 24.8 Å². The van der Waals surface area contributed by atoms with Gasteiger partial charge < -0.3 is 19.3 Å². The van der Waals surface area contributed by atoms with Gasteiger partial charge in [-0.2, -0.15) is 0 Å². The summed E-state index contributed by atoms with van der Waals surface area (Å²) in [5.74, 6) is 2.15. The van der Waals surface area contributed by atoms with Gasteiger partial charge in [-0.1, -0.05) is 30.5 Å². The number of carbonyl (C=O) groups is 1. The lowest BCUT2D eigenvalue weighted by atomic mass is 9.94. The number of likely N-dealkylation sites (tertiary alicyclic amines) is 1. The fourth-order valence-electron chi connectivity index (χ4n) is 4.98. The number of hydrogen-bond donors (Lipinski definition) is 1. The van der Waals surface area contributed by atoms with Crippen molar-refractivity contribution in [1.29, 1.82) is 0 Å². The molecule has 2 fully saturated rings. The first-order valence-electron chi connectivity index (χ1n) is 11.6. The van der Waals surface area contributed by atoms with Gasteiger partial charge in [0.2, 0.25) is 5.76 Å². The van der Waals surface area contributed by atoms with Crippen LogP contribution in [0.25, 0.3) is 0 Å². The van der Waals surface area contributed by atoms with Gasteiger partial charge in [0.25, 0.3) is 5.91 Å². The van der Waals surface area contributed by atoms with Crippen LogP contribution >= 0.6 is 0 Å². The van der Waals surface area contributed by atoms with E-state index in [2.05, 4.69) is 27.5 Å². The molecule has 0 radical (unpaired) electrons. The fraction of sp³-hybridized carbons (Fsp3) is 0.583. The van der Waals surface area contributed by atoms with E-state index in [0.29, 0.717) is 19.0 Å². The summed E-state index contributed by atoms with van der Waals surface area (Å²) >= 11 is 0. The van der Waals surface area contributed by atoms with Crippen molar-refractivity contribution in [1.82, 2.24) is 15.4 Å². The Hall–Kier alpha value is -2.54. The third-order valence-electron chi connectivity index (χ3n) is 6.63. The van der Waals surface area contributed by atoms with Crippen molar-refractivity contribution in [3.63, 3.8) is 0 Å². The van der Waals surface area contributed by atoms with E-state index in [4.69, 9.17) is 14.0 Å². The molecule has 7 heteroatoms. The number of nitrogens with zero attached hydrogens (tertiary/aromatic N) is 2. The first-order chi connectivity index (χ1) is 15.2. The van der Waals surface area contributed by atoms with Gasteiger partial charge in [-0.15, -0.1) is 0 Å². The molecular formula is C24H31N3O4. The molecular weight excluding hydrogens is 394 g/mol. The van der Waals surface area contributed by atoms with Crippen LogP contribution in [0.4, 0.5) is 0 Å². The van der Waals surface area contributed by atoms with Gasteiger partial charge in [0.1, 0.15) is 13.2 Å². The average Bonchev–Trinajstić information content (AvgIpc) is 3.31. The van der Waals surface area contributed by atoms with Crippen LogP contribution in [0.3, 0.4) is 0 Å². The van der Waals surface area contributed by atoms with Crippen LogP contribution in [0.5, 0.6) is 11.5 Å². The lowest BCUT2D eigenvalue weighted by molar-refractivity contribution is 0.0890. The summed E-state index contributed by atoms with van der Waals surface area (Å²) in [7, 11) is 0. The fourth-order valence-corrected chi connectivity index (χ4v) is 4.98. The van der Waals surface area contributed by atoms with E-state index in [-0.39, 0.29) is 17.9 Å². The Balaban J connectivity index is 1.19. The third-order valence-corrected chi connectivity index (χ3v) is 6.63. The average molecular weight is 426 g/mol. The molecule has 5 rings (SSSR count). The van der Waals surface area contributed by atoms with Crippen molar-refractivity contribution in [3.05, 3.63) is 41.3 Å². The lowest BCUT2D eigenvalue weighted by Gasteiger charge is -2.32. The van der Waals surface area contributed by atoms with Crippen molar-refractivity contribution in [3.8, 4) is 11.5 Å². The first-order valence-corrected chi connectivity index (χ1v) is 11.6. The SMILES string of the molecule is O=C(NC1CCCCC1)c1cc(C2CCCN(Cc3ccc4c(c3)OCCO4)C2)no1. The monoisotopic (exact) mass is 425 g/mol. The molecule has 1 unspecified atom stereocenters. The Morgan fingerprint density at radius 3 is 2.74 bits per heavy atom. The standard InChI is InChI=1S/C24H31N3O4/c28-24(25-19-6-2-1-3-7-19)23-14-20(26-31-23)18-5-4-10-27(16-18)15-17-8-9-21-22(13-17)30-12-11-29-21/h8-9,13-14,18-19H,1-7,10-12,15-16H2,(H,25,28). The number of amides is 1. The predicted octanol–water partition coefficient (Wildman–Crippen LogP) is 3.89. The summed E-state index contributed by atoms with van der Waals surface area (Å²) in [5, 5.41) is 7.37. The molecule has 1 atom stereocenters. The van der Waals surface area contributed by atoms with Crippen LogP contribution < -0.4 is 14.8 Å². The highest BCUT2D eigenvalue weighted by atomic mass is 16.6. The van der Waals surface area contributed by atoms with Crippen molar-refractivity contribution in [2.24, 2.45) is 0 Å². The highest BCUT2D eigenvalue weighted by Crippen LogP contribution is 2.32. The van der Waals surface area contributed by atoms with Gasteiger partial charge >= 0.3 is 0 Å². The molecule has 1 aromatic carbocycles. The zero-order chi connectivity index (χ0) is 21.0. The molecule has 1 amide bonds. The minimum Gasteiger partial charge on any atom is -0.486 e. The van der Waals surface area contributed by atoms with Crippen LogP contribution in [0.15, 0.2) is 28.8 Å². The van der Waals surface area contributed by atoms with E-state index in [9.17, 15) is 4.79 Å². The summed E-state index contributed by atoms with van der Waals surface area (Å²) in [6, 6.07) is 8.31. The summed E-state index contributed by atoms with van der Waals surface area (Å²) < 4.78 is 16.8. The summed E-state index contributed by atoms with van der Waals surface area (Å²) in [4.78, 5) is 15.0. The molecule has 1 N–H and O–H groups in total. The zero-order valence-electron chi connectivity index (χ0n) is 18.0. The molecule has 2 aliphatic heterocycles. The number of hydrogen-bond acceptors (Lipinski definition) is 6. The Kier molecular flexibility index (Phi) is 6.11. The second-order valence-electron chi connectivity index (χ2n) is 8.98. The molecule has 0 spiro atoms. The van der Waals surface area contributed by atoms with Crippen molar-refractivity contribution >= 4 is 5.91 Å². The number of rotatable bonds is 5. The highest BCUT2D eigenvalue weighted by molar-refractivity contribution is 5.91. The summed E-state index contributed by atoms with van der Waals surface area (Å²) in [6.45, 7) is 4.03. The number of carbonyl (C=O) groups excluding carboxylic acids is 1. The quantitative estimate of drug-likeness (QED) is 0.783. The van der Waals surface area contributed by atoms with Crippen molar-refractivity contribution in [2.75, 3.05) is 26.3 Å². The summed E-state index contributed by atoms with van der Waals surface area (Å²) in [6.07, 6.45) is 7.93. The Bertz CT molecular complexity index is 906. The van der Waals surface area contributed by atoms with Crippen LogP contribution in [0.1, 0.15) is 72.7 Å². The molecule has 31 heavy (non-hydrogen) atoms. The zero-order valence-corrected chi connectivity index (χ0v) is 18.0. The minimum atomic E-state index is -0.130. The molecule has 3 heterocycles. The normalized spacial score (nSPS) is 22.3. The molecule has 2 aromatic rings. The molecule has 1 aliphatic carbocycles. The molecule has 0 bridgehead atoms. The number of aromatic nitrogens is 1. The molecule has 166 valence electrons. The Labute approximate surface area is 183 Å². The topological polar surface area (TPSA) is 76.8 Å². The maximum atomic E-state index is 12.6. The van der Waals surface area contributed by atoms with E-state index in [1.807, 2.05) is 12.1 Å². The maximum absolute atomic E-state index is 12.6. The molecule has 1 saturated heterocycles. The maximum Gasteiger partial charge on any atom is 0.290 e. The number of fused-ring (bicyclic) bond motifs is 1. The van der Waals surface area contributed by atoms with Crippen LogP contribution in [0, 0.1) is 0 Å². The van der Waals surface area contributed by atoms with E-state index >= 15 is 0 Å². The molecule has 1 saturated carbocycles. The number of piperidine rings is 1. The van der Waals surface area contributed by atoms with E-state index < -0.39 is 0 Å². The van der Waals surface area contributed by atoms with E-state index in [0.717, 1.165) is 62.5 Å². The highest BCUT2D eigenvalue weighted by Gasteiger charge is 2.26. The number of nitrogens with one attached hydrogen (secondary N) is 1. The number of ether oxygens (including phenoxy) is 2. The smallest absolute Gasteiger partial charge is 0.290 e. The summed E-state index contributed by atoms with van der Waals surface area (Å²) in [5.41, 5.74) is 2.11. The molecule has 1 aromatic heterocycles. The largest absolute Gasteiger partial charge is 0.486 e. The van der Waals surface area contributed by atoms with Gasteiger partial charge in [0.05, 0.1) is 5.69 Å². The third kappa shape index (κ3) is 4.87. The Morgan fingerprint density at radius 2 is 1.87 bits per heavy atom. The predicted molar refractivity (Wildman–Crippen MR) is 116 cm³/mol. The lowest BCUT2D eigenvalue weighted by Crippen LogP contribution is -2.36. The molecule has 7 nitrogen and oxygen atoms in total. The van der Waals surface area contributed by atoms with Crippen molar-refractivity contribution in [2.45, 2.75) is 63.5 Å². The van der Waals surface area contributed by atoms with Gasteiger partial charge in [-0.05, 0) is 49.9 Å².